The van der Waals surface area contributed by atoms with Crippen LogP contribution >= 0.6 is 0 Å². The molecule has 2 aromatic carbocycles. The highest BCUT2D eigenvalue weighted by Gasteiger charge is 2.44. The maximum absolute atomic E-state index is 13.0. The number of ether oxygens (including phenoxy) is 5. The predicted octanol–water partition coefficient (Wildman–Crippen LogP) is 3.29. The summed E-state index contributed by atoms with van der Waals surface area (Å²) in [6.45, 7) is 5.16. The standard InChI is InChI=1S/C22H20O10/c1-4-28-8-11-16(25)14-15(22(29-5-2)32-21(14)27)19-18(11)31-20(26)13-9(3)6-12(24)10(7-23)17(13)30-19/h6-7,22,24-25H,4-5,8H2,1-3H3/t22-/m0/s1. The molecule has 2 heterocycles. The third-order valence-corrected chi connectivity index (χ3v) is 5.16. The van der Waals surface area contributed by atoms with Crippen LogP contribution < -0.4 is 9.47 Å². The van der Waals surface area contributed by atoms with Crippen molar-refractivity contribution in [2.45, 2.75) is 33.7 Å². The molecule has 168 valence electrons. The van der Waals surface area contributed by atoms with Crippen LogP contribution in [0.3, 0.4) is 0 Å². The Morgan fingerprint density at radius 1 is 1.03 bits per heavy atom. The summed E-state index contributed by atoms with van der Waals surface area (Å²) in [4.78, 5) is 37.3. The van der Waals surface area contributed by atoms with Crippen LogP contribution in [0, 0.1) is 6.92 Å². The van der Waals surface area contributed by atoms with Crippen LogP contribution in [0.4, 0.5) is 0 Å². The minimum atomic E-state index is -1.25. The Hall–Kier alpha value is -3.63. The fourth-order valence-electron chi connectivity index (χ4n) is 3.73. The first-order chi connectivity index (χ1) is 15.3. The summed E-state index contributed by atoms with van der Waals surface area (Å²) in [7, 11) is 0. The number of carbonyl (C=O) groups is 3. The van der Waals surface area contributed by atoms with E-state index in [1.54, 1.807) is 13.8 Å². The van der Waals surface area contributed by atoms with Gasteiger partial charge in [0.2, 0.25) is 6.29 Å². The van der Waals surface area contributed by atoms with Crippen molar-refractivity contribution in [3.05, 3.63) is 39.4 Å². The monoisotopic (exact) mass is 444 g/mol. The Kier molecular flexibility index (Phi) is 5.49. The van der Waals surface area contributed by atoms with Crippen molar-refractivity contribution >= 4 is 18.2 Å². The lowest BCUT2D eigenvalue weighted by Crippen LogP contribution is -2.12. The van der Waals surface area contributed by atoms with E-state index < -0.39 is 29.7 Å². The Labute approximate surface area is 182 Å². The second kappa shape index (κ2) is 8.13. The van der Waals surface area contributed by atoms with Crippen LogP contribution in [0.15, 0.2) is 6.07 Å². The molecule has 32 heavy (non-hydrogen) atoms. The van der Waals surface area contributed by atoms with Gasteiger partial charge in [-0.25, -0.2) is 9.59 Å². The Morgan fingerprint density at radius 3 is 2.44 bits per heavy atom. The van der Waals surface area contributed by atoms with Crippen LogP contribution in [-0.4, -0.2) is 41.7 Å². The molecule has 0 radical (unpaired) electrons. The maximum Gasteiger partial charge on any atom is 0.347 e. The first-order valence-corrected chi connectivity index (χ1v) is 9.87. The summed E-state index contributed by atoms with van der Waals surface area (Å²) in [6, 6.07) is 1.24. The van der Waals surface area contributed by atoms with Crippen LogP contribution in [0.1, 0.15) is 67.9 Å². The van der Waals surface area contributed by atoms with Crippen LogP contribution in [0.25, 0.3) is 0 Å². The molecule has 10 nitrogen and oxygen atoms in total. The molecule has 0 amide bonds. The number of fused-ring (bicyclic) bond motifs is 4. The van der Waals surface area contributed by atoms with E-state index in [2.05, 4.69) is 0 Å². The molecule has 4 rings (SSSR count). The van der Waals surface area contributed by atoms with E-state index in [0.717, 1.165) is 0 Å². The largest absolute Gasteiger partial charge is 0.507 e. The van der Waals surface area contributed by atoms with E-state index >= 15 is 0 Å². The molecule has 2 aromatic rings. The molecule has 0 bridgehead atoms. The van der Waals surface area contributed by atoms with Gasteiger partial charge in [-0.2, -0.15) is 0 Å². The van der Waals surface area contributed by atoms with Crippen LogP contribution in [0.5, 0.6) is 28.7 Å². The van der Waals surface area contributed by atoms with Gasteiger partial charge in [-0.05, 0) is 32.4 Å². The number of phenolic OH excluding ortho intramolecular Hbond substituents is 2. The van der Waals surface area contributed by atoms with Crippen molar-refractivity contribution in [3.63, 3.8) is 0 Å². The lowest BCUT2D eigenvalue weighted by atomic mass is 10.0. The van der Waals surface area contributed by atoms with Gasteiger partial charge < -0.3 is 33.9 Å². The van der Waals surface area contributed by atoms with Crippen molar-refractivity contribution in [2.24, 2.45) is 0 Å². The average molecular weight is 444 g/mol. The number of hydrogen-bond donors (Lipinski definition) is 2. The third-order valence-electron chi connectivity index (χ3n) is 5.16. The molecule has 0 saturated heterocycles. The van der Waals surface area contributed by atoms with Gasteiger partial charge in [-0.3, -0.25) is 4.79 Å². The molecule has 2 aliphatic rings. The van der Waals surface area contributed by atoms with Crippen LogP contribution in [-0.2, 0) is 20.8 Å². The second-order valence-electron chi connectivity index (χ2n) is 7.04. The van der Waals surface area contributed by atoms with Crippen molar-refractivity contribution in [3.8, 4) is 28.7 Å². The lowest BCUT2D eigenvalue weighted by Gasteiger charge is -2.19. The SMILES string of the molecule is CCOCc1c(O)c2c(c3c1OC(=O)c1c(C)cc(O)c(C=O)c1O3)[C@@H](OCC)OC2=O. The smallest absolute Gasteiger partial charge is 0.347 e. The molecule has 10 heteroatoms. The molecule has 0 unspecified atom stereocenters. The van der Waals surface area contributed by atoms with E-state index in [1.807, 2.05) is 0 Å². The summed E-state index contributed by atoms with van der Waals surface area (Å²) in [5.74, 6) is -3.23. The molecule has 0 aliphatic carbocycles. The van der Waals surface area contributed by atoms with Crippen LogP contribution in [0.2, 0.25) is 0 Å². The fourth-order valence-corrected chi connectivity index (χ4v) is 3.73. The maximum atomic E-state index is 13.0. The minimum Gasteiger partial charge on any atom is -0.507 e. The van der Waals surface area contributed by atoms with Gasteiger partial charge >= 0.3 is 11.9 Å². The highest BCUT2D eigenvalue weighted by atomic mass is 16.7. The number of aromatic hydroxyl groups is 2. The number of carbonyl (C=O) groups excluding carboxylic acids is 3. The average Bonchev–Trinajstić information content (AvgIpc) is 2.97. The van der Waals surface area contributed by atoms with E-state index in [9.17, 15) is 24.6 Å². The third kappa shape index (κ3) is 3.15. The van der Waals surface area contributed by atoms with Gasteiger partial charge in [-0.1, -0.05) is 0 Å². The minimum absolute atomic E-state index is 0.00286. The molecule has 0 fully saturated rings. The van der Waals surface area contributed by atoms with Gasteiger partial charge in [0.15, 0.2) is 23.5 Å². The topological polar surface area (TPSA) is 138 Å². The van der Waals surface area contributed by atoms with Crippen molar-refractivity contribution in [2.75, 3.05) is 13.2 Å². The van der Waals surface area contributed by atoms with E-state index in [0.29, 0.717) is 11.8 Å². The number of aldehydes is 1. The van der Waals surface area contributed by atoms with Gasteiger partial charge in [0.05, 0.1) is 23.3 Å². The molecule has 0 aromatic heterocycles. The Bertz CT molecular complexity index is 1150. The van der Waals surface area contributed by atoms with Gasteiger partial charge in [0.25, 0.3) is 0 Å². The van der Waals surface area contributed by atoms with Crippen molar-refractivity contribution < 1.29 is 48.3 Å². The van der Waals surface area contributed by atoms with Crippen molar-refractivity contribution in [1.29, 1.82) is 0 Å². The summed E-state index contributed by atoms with van der Waals surface area (Å²) >= 11 is 0. The Balaban J connectivity index is 2.06. The van der Waals surface area contributed by atoms with Gasteiger partial charge in [0, 0.05) is 13.2 Å². The number of rotatable bonds is 6. The molecule has 2 N–H and O–H groups in total. The molecule has 2 aliphatic heterocycles. The zero-order valence-electron chi connectivity index (χ0n) is 17.5. The molecular weight excluding hydrogens is 424 g/mol. The highest BCUT2D eigenvalue weighted by molar-refractivity contribution is 6.03. The number of aryl methyl sites for hydroxylation is 1. The van der Waals surface area contributed by atoms with Crippen molar-refractivity contribution in [1.82, 2.24) is 0 Å². The summed E-state index contributed by atoms with van der Waals surface area (Å²) in [5, 5.41) is 21.1. The van der Waals surface area contributed by atoms with Gasteiger partial charge in [-0.15, -0.1) is 0 Å². The van der Waals surface area contributed by atoms with E-state index in [-0.39, 0.29) is 64.9 Å². The summed E-state index contributed by atoms with van der Waals surface area (Å²) < 4.78 is 27.7. The quantitative estimate of drug-likeness (QED) is 0.388. The van der Waals surface area contributed by atoms with Gasteiger partial charge in [0.1, 0.15) is 22.6 Å². The fraction of sp³-hybridized carbons (Fsp3) is 0.318. The molecular formula is C22H20O10. The summed E-state index contributed by atoms with van der Waals surface area (Å²) in [5.41, 5.74) is -0.298. The van der Waals surface area contributed by atoms with E-state index in [4.69, 9.17) is 23.7 Å². The normalized spacial score (nSPS) is 16.3. The lowest BCUT2D eigenvalue weighted by molar-refractivity contribution is -0.0999. The molecule has 0 saturated carbocycles. The number of cyclic esters (lactones) is 1. The summed E-state index contributed by atoms with van der Waals surface area (Å²) in [6.07, 6.45) is -0.906. The number of benzene rings is 2. The zero-order valence-corrected chi connectivity index (χ0v) is 17.5. The molecule has 1 atom stereocenters. The Morgan fingerprint density at radius 2 is 1.78 bits per heavy atom. The van der Waals surface area contributed by atoms with E-state index in [1.165, 1.54) is 13.0 Å². The molecule has 0 spiro atoms. The second-order valence-corrected chi connectivity index (χ2v) is 7.04. The first-order valence-electron chi connectivity index (χ1n) is 9.87. The zero-order chi connectivity index (χ0) is 23.2. The number of phenols is 2. The predicted molar refractivity (Wildman–Crippen MR) is 106 cm³/mol. The first kappa shape index (κ1) is 21.6. The number of hydrogen-bond acceptors (Lipinski definition) is 10. The number of esters is 2. The highest BCUT2D eigenvalue weighted by Crippen LogP contribution is 2.54.